The van der Waals surface area contributed by atoms with Crippen LogP contribution >= 0.6 is 11.5 Å². The Hall–Kier alpha value is -2.40. The number of aliphatic hydroxyl groups is 2. The van der Waals surface area contributed by atoms with E-state index in [-0.39, 0.29) is 25.4 Å². The lowest BCUT2D eigenvalue weighted by atomic mass is 9.89. The molecule has 0 unspecified atom stereocenters. The number of hydrogen-bond acceptors (Lipinski definition) is 9. The van der Waals surface area contributed by atoms with E-state index in [0.29, 0.717) is 36.2 Å². The summed E-state index contributed by atoms with van der Waals surface area (Å²) >= 11 is 1.08. The molecule has 1 saturated heterocycles. The molecule has 0 saturated carbocycles. The second-order valence-electron chi connectivity index (χ2n) is 7.83. The van der Waals surface area contributed by atoms with Crippen LogP contribution in [0.5, 0.6) is 0 Å². The molecule has 0 bridgehead atoms. The average molecular weight is 433 g/mol. The minimum absolute atomic E-state index is 0.237. The highest BCUT2D eigenvalue weighted by molar-refractivity contribution is 7.09. The zero-order valence-electron chi connectivity index (χ0n) is 16.8. The van der Waals surface area contributed by atoms with E-state index in [1.807, 2.05) is 11.8 Å². The van der Waals surface area contributed by atoms with Crippen LogP contribution in [0.3, 0.4) is 0 Å². The lowest BCUT2D eigenvalue weighted by molar-refractivity contribution is -0.139. The summed E-state index contributed by atoms with van der Waals surface area (Å²) in [7, 11) is 0. The molecule has 0 aliphatic carbocycles. The summed E-state index contributed by atoms with van der Waals surface area (Å²) in [6.45, 7) is 5.18. The summed E-state index contributed by atoms with van der Waals surface area (Å²) in [5.74, 6) is -0.228. The number of hydrogen-bond donors (Lipinski definition) is 3. The highest BCUT2D eigenvalue weighted by atomic mass is 32.1. The van der Waals surface area contributed by atoms with E-state index in [0.717, 1.165) is 28.2 Å². The van der Waals surface area contributed by atoms with Gasteiger partial charge in [0, 0.05) is 36.7 Å². The van der Waals surface area contributed by atoms with Gasteiger partial charge in [0.05, 0.1) is 11.7 Å². The molecule has 2 aromatic rings. The van der Waals surface area contributed by atoms with Crippen LogP contribution in [0.4, 0.5) is 5.13 Å². The van der Waals surface area contributed by atoms with E-state index < -0.39 is 17.6 Å². The van der Waals surface area contributed by atoms with E-state index in [4.69, 9.17) is 4.74 Å². The number of benzene rings is 1. The SMILES string of the molecule is Cc1nsc(NC(=O)C2(O)CCN(C[C@H](O)c3ccc4c(c3C)COC4=O)CC2)n1. The lowest BCUT2D eigenvalue weighted by Crippen LogP contribution is -2.52. The quantitative estimate of drug-likeness (QED) is 0.604. The summed E-state index contributed by atoms with van der Waals surface area (Å²) in [6, 6.07) is 3.47. The molecule has 9 nitrogen and oxygen atoms in total. The number of ether oxygens (including phenoxy) is 1. The van der Waals surface area contributed by atoms with Gasteiger partial charge in [-0.2, -0.15) is 4.37 Å². The van der Waals surface area contributed by atoms with Crippen LogP contribution in [0.15, 0.2) is 12.1 Å². The van der Waals surface area contributed by atoms with Crippen molar-refractivity contribution in [2.75, 3.05) is 25.0 Å². The van der Waals surface area contributed by atoms with Gasteiger partial charge in [0.15, 0.2) is 0 Å². The second-order valence-corrected chi connectivity index (χ2v) is 8.58. The van der Waals surface area contributed by atoms with E-state index in [9.17, 15) is 19.8 Å². The number of aromatic nitrogens is 2. The van der Waals surface area contributed by atoms with Crippen molar-refractivity contribution in [2.45, 2.75) is 45.0 Å². The fourth-order valence-corrected chi connectivity index (χ4v) is 4.54. The first kappa shape index (κ1) is 20.9. The summed E-state index contributed by atoms with van der Waals surface area (Å²) in [6.07, 6.45) is -0.223. The van der Waals surface area contributed by atoms with Gasteiger partial charge in [0.1, 0.15) is 18.0 Å². The van der Waals surface area contributed by atoms with Gasteiger partial charge < -0.3 is 19.8 Å². The number of aliphatic hydroxyl groups excluding tert-OH is 1. The molecule has 30 heavy (non-hydrogen) atoms. The number of likely N-dealkylation sites (tertiary alicyclic amines) is 1. The molecule has 3 N–H and O–H groups in total. The number of nitrogens with one attached hydrogen (secondary N) is 1. The number of carbonyl (C=O) groups is 2. The molecule has 1 aromatic carbocycles. The number of aryl methyl sites for hydroxylation is 1. The number of anilines is 1. The molecule has 160 valence electrons. The van der Waals surface area contributed by atoms with Crippen LogP contribution in [0.25, 0.3) is 0 Å². The minimum atomic E-state index is -1.47. The number of esters is 1. The molecule has 2 aliphatic heterocycles. The summed E-state index contributed by atoms with van der Waals surface area (Å²) in [5, 5.41) is 24.5. The van der Waals surface area contributed by atoms with Gasteiger partial charge in [-0.25, -0.2) is 9.78 Å². The Morgan fingerprint density at radius 2 is 2.10 bits per heavy atom. The molecular weight excluding hydrogens is 408 g/mol. The van der Waals surface area contributed by atoms with Crippen molar-refractivity contribution in [3.05, 3.63) is 40.2 Å². The number of β-amino-alcohol motifs (C(OH)–C–C–N with tert-alkyl or cyclic N) is 1. The number of piperidine rings is 1. The Bertz CT molecular complexity index is 984. The Labute approximate surface area is 177 Å². The molecule has 3 heterocycles. The molecule has 0 spiro atoms. The van der Waals surface area contributed by atoms with Crippen LogP contribution in [0.1, 0.15) is 51.8 Å². The van der Waals surface area contributed by atoms with Gasteiger partial charge in [0.2, 0.25) is 5.13 Å². The lowest BCUT2D eigenvalue weighted by Gasteiger charge is -2.37. The van der Waals surface area contributed by atoms with E-state index in [2.05, 4.69) is 14.7 Å². The van der Waals surface area contributed by atoms with E-state index in [1.165, 1.54) is 0 Å². The molecule has 1 amide bonds. The smallest absolute Gasteiger partial charge is 0.338 e. The second kappa shape index (κ2) is 8.03. The normalized spacial score (nSPS) is 19.3. The van der Waals surface area contributed by atoms with Crippen LogP contribution in [0, 0.1) is 13.8 Å². The highest BCUT2D eigenvalue weighted by Gasteiger charge is 2.40. The maximum atomic E-state index is 12.5. The van der Waals surface area contributed by atoms with Crippen molar-refractivity contribution in [2.24, 2.45) is 0 Å². The van der Waals surface area contributed by atoms with Crippen molar-refractivity contribution in [3.8, 4) is 0 Å². The molecule has 1 fully saturated rings. The fraction of sp³-hybridized carbons (Fsp3) is 0.500. The zero-order chi connectivity index (χ0) is 21.5. The third-order valence-electron chi connectivity index (χ3n) is 5.85. The first-order valence-electron chi connectivity index (χ1n) is 9.81. The molecule has 1 atom stereocenters. The van der Waals surface area contributed by atoms with Crippen molar-refractivity contribution in [1.82, 2.24) is 14.3 Å². The molecule has 4 rings (SSSR count). The van der Waals surface area contributed by atoms with Gasteiger partial charge in [-0.15, -0.1) is 0 Å². The van der Waals surface area contributed by atoms with Gasteiger partial charge in [-0.05, 0) is 43.9 Å². The maximum absolute atomic E-state index is 12.5. The summed E-state index contributed by atoms with van der Waals surface area (Å²) < 4.78 is 9.09. The van der Waals surface area contributed by atoms with Crippen molar-refractivity contribution >= 4 is 28.5 Å². The van der Waals surface area contributed by atoms with Gasteiger partial charge in [0.25, 0.3) is 5.91 Å². The van der Waals surface area contributed by atoms with E-state index >= 15 is 0 Å². The predicted octanol–water partition coefficient (Wildman–Crippen LogP) is 1.32. The molecule has 0 radical (unpaired) electrons. The average Bonchev–Trinajstić information content (AvgIpc) is 3.30. The number of amides is 1. The number of fused-ring (bicyclic) bond motifs is 1. The third-order valence-corrected chi connectivity index (χ3v) is 6.57. The third kappa shape index (κ3) is 3.95. The van der Waals surface area contributed by atoms with Crippen LogP contribution in [-0.2, 0) is 16.1 Å². The Kier molecular flexibility index (Phi) is 5.58. The van der Waals surface area contributed by atoms with Crippen molar-refractivity contribution < 1.29 is 24.5 Å². The Morgan fingerprint density at radius 1 is 1.37 bits per heavy atom. The number of rotatable bonds is 5. The molecule has 1 aromatic heterocycles. The molecular formula is C20H24N4O5S. The summed E-state index contributed by atoms with van der Waals surface area (Å²) in [5.41, 5.74) is 1.54. The number of nitrogens with zero attached hydrogens (tertiary/aromatic N) is 3. The number of carbonyl (C=O) groups excluding carboxylic acids is 2. The first-order chi connectivity index (χ1) is 14.3. The Balaban J connectivity index is 1.35. The van der Waals surface area contributed by atoms with Crippen LogP contribution in [-0.4, -0.2) is 61.6 Å². The van der Waals surface area contributed by atoms with Crippen molar-refractivity contribution in [3.63, 3.8) is 0 Å². The van der Waals surface area contributed by atoms with Gasteiger partial charge >= 0.3 is 5.97 Å². The first-order valence-corrected chi connectivity index (χ1v) is 10.6. The summed E-state index contributed by atoms with van der Waals surface area (Å²) in [4.78, 5) is 30.3. The standard InChI is InChI=1S/C20H24N4O5S/c1-11-13(3-4-14-15(11)10-29-17(14)26)16(25)9-24-7-5-20(28,6-8-24)18(27)22-19-21-12(2)23-30-19/h3-4,16,25,28H,5-10H2,1-2H3,(H,21,22,23,27)/t16-/m0/s1. The fourth-order valence-electron chi connectivity index (χ4n) is 3.97. The monoisotopic (exact) mass is 432 g/mol. The van der Waals surface area contributed by atoms with Crippen LogP contribution in [0.2, 0.25) is 0 Å². The number of cyclic esters (lactones) is 1. The minimum Gasteiger partial charge on any atom is -0.457 e. The molecule has 2 aliphatic rings. The van der Waals surface area contributed by atoms with Crippen molar-refractivity contribution in [1.29, 1.82) is 0 Å². The topological polar surface area (TPSA) is 125 Å². The van der Waals surface area contributed by atoms with Gasteiger partial charge in [-0.1, -0.05) is 6.07 Å². The van der Waals surface area contributed by atoms with Crippen LogP contribution < -0.4 is 5.32 Å². The maximum Gasteiger partial charge on any atom is 0.338 e. The van der Waals surface area contributed by atoms with Gasteiger partial charge in [-0.3, -0.25) is 10.1 Å². The largest absolute Gasteiger partial charge is 0.457 e. The highest BCUT2D eigenvalue weighted by Crippen LogP contribution is 2.31. The zero-order valence-corrected chi connectivity index (χ0v) is 17.7. The predicted molar refractivity (Wildman–Crippen MR) is 109 cm³/mol. The van der Waals surface area contributed by atoms with E-state index in [1.54, 1.807) is 19.1 Å². The Morgan fingerprint density at radius 3 is 2.77 bits per heavy atom. The molecule has 10 heteroatoms.